The number of aromatic amines is 1. The van der Waals surface area contributed by atoms with E-state index < -0.39 is 5.82 Å². The first-order chi connectivity index (χ1) is 14.4. The van der Waals surface area contributed by atoms with E-state index in [9.17, 15) is 9.18 Å². The molecule has 2 bridgehead atoms. The van der Waals surface area contributed by atoms with E-state index in [1.165, 1.54) is 18.2 Å². The largest absolute Gasteiger partial charge is 0.326 e. The number of H-pyrrole nitrogens is 1. The predicted octanol–water partition coefficient (Wildman–Crippen LogP) is 4.51. The number of benzene rings is 1. The van der Waals surface area contributed by atoms with Gasteiger partial charge >= 0.3 is 0 Å². The number of piperidine rings is 1. The summed E-state index contributed by atoms with van der Waals surface area (Å²) in [5, 5.41) is 7.21. The molecule has 2 aliphatic rings. The Bertz CT molecular complexity index is 1130. The van der Waals surface area contributed by atoms with Crippen molar-refractivity contribution in [2.75, 3.05) is 0 Å². The van der Waals surface area contributed by atoms with Gasteiger partial charge in [-0.15, -0.1) is 0 Å². The van der Waals surface area contributed by atoms with E-state index in [0.717, 1.165) is 35.5 Å². The smallest absolute Gasteiger partial charge is 0.256 e. The number of aromatic nitrogens is 4. The quantitative estimate of drug-likeness (QED) is 0.655. The Balaban J connectivity index is 1.64. The number of nitrogens with one attached hydrogen (secondary N) is 1. The molecule has 30 heavy (non-hydrogen) atoms. The molecule has 3 atom stereocenters. The van der Waals surface area contributed by atoms with Crippen molar-refractivity contribution in [3.63, 3.8) is 0 Å². The highest BCUT2D eigenvalue weighted by Crippen LogP contribution is 2.46. The fourth-order valence-corrected chi connectivity index (χ4v) is 5.08. The SMILES string of the molecule is Cc1nc(-c2ccn[nH]2)c2c(n1)[C@@H]1CCC(C)[C@H](C2)N1C(=O)c1ccc(F)cc1Cl. The lowest BCUT2D eigenvalue weighted by Gasteiger charge is -2.49. The van der Waals surface area contributed by atoms with Crippen LogP contribution in [0, 0.1) is 18.7 Å². The summed E-state index contributed by atoms with van der Waals surface area (Å²) in [6.07, 6.45) is 4.19. The summed E-state index contributed by atoms with van der Waals surface area (Å²) in [4.78, 5) is 24.9. The van der Waals surface area contributed by atoms with Gasteiger partial charge in [-0.2, -0.15) is 5.10 Å². The van der Waals surface area contributed by atoms with Crippen LogP contribution in [0.25, 0.3) is 11.4 Å². The van der Waals surface area contributed by atoms with Crippen LogP contribution in [0.3, 0.4) is 0 Å². The zero-order valence-corrected chi connectivity index (χ0v) is 17.4. The van der Waals surface area contributed by atoms with Crippen molar-refractivity contribution in [2.45, 2.75) is 45.2 Å². The highest BCUT2D eigenvalue weighted by Gasteiger charge is 2.45. The van der Waals surface area contributed by atoms with Gasteiger partial charge in [-0.1, -0.05) is 18.5 Å². The Hall–Kier alpha value is -2.80. The van der Waals surface area contributed by atoms with Gasteiger partial charge in [0.05, 0.1) is 33.7 Å². The summed E-state index contributed by atoms with van der Waals surface area (Å²) >= 11 is 6.23. The molecular formula is C22H21ClFN5O. The minimum Gasteiger partial charge on any atom is -0.326 e. The van der Waals surface area contributed by atoms with Gasteiger partial charge in [-0.05, 0) is 56.4 Å². The molecule has 5 rings (SSSR count). The zero-order valence-electron chi connectivity index (χ0n) is 16.7. The first kappa shape index (κ1) is 19.2. The van der Waals surface area contributed by atoms with Crippen LogP contribution in [0.15, 0.2) is 30.5 Å². The number of carbonyl (C=O) groups excluding carboxylic acids is 1. The molecule has 1 unspecified atom stereocenters. The molecule has 1 aromatic carbocycles. The van der Waals surface area contributed by atoms with Crippen molar-refractivity contribution in [1.82, 2.24) is 25.1 Å². The Morgan fingerprint density at radius 1 is 1.27 bits per heavy atom. The first-order valence-corrected chi connectivity index (χ1v) is 10.5. The van der Waals surface area contributed by atoms with E-state index >= 15 is 0 Å². The van der Waals surface area contributed by atoms with Crippen LogP contribution in [0.4, 0.5) is 4.39 Å². The third-order valence-corrected chi connectivity index (χ3v) is 6.59. The first-order valence-electron chi connectivity index (χ1n) is 10.1. The second kappa shape index (κ2) is 7.16. The van der Waals surface area contributed by atoms with Gasteiger partial charge in [0, 0.05) is 17.8 Å². The molecule has 0 aliphatic carbocycles. The Morgan fingerprint density at radius 2 is 2.10 bits per heavy atom. The lowest BCUT2D eigenvalue weighted by molar-refractivity contribution is 0.0230. The monoisotopic (exact) mass is 425 g/mol. The van der Waals surface area contributed by atoms with Crippen LogP contribution in [-0.2, 0) is 6.42 Å². The molecule has 2 aliphatic heterocycles. The van der Waals surface area contributed by atoms with E-state index in [2.05, 4.69) is 22.1 Å². The minimum atomic E-state index is -0.457. The number of hydrogen-bond donors (Lipinski definition) is 1. The lowest BCUT2D eigenvalue weighted by Crippen LogP contribution is -2.53. The number of nitrogens with zero attached hydrogens (tertiary/aromatic N) is 4. The molecule has 4 heterocycles. The van der Waals surface area contributed by atoms with Gasteiger partial charge in [-0.3, -0.25) is 9.89 Å². The Kier molecular flexibility index (Phi) is 4.58. The summed E-state index contributed by atoms with van der Waals surface area (Å²) in [6.45, 7) is 4.03. The number of aryl methyl sites for hydroxylation is 1. The van der Waals surface area contributed by atoms with Crippen molar-refractivity contribution < 1.29 is 9.18 Å². The molecule has 1 N–H and O–H groups in total. The second-order valence-electron chi connectivity index (χ2n) is 8.13. The molecule has 0 saturated carbocycles. The summed E-state index contributed by atoms with van der Waals surface area (Å²) in [6, 6.07) is 5.67. The van der Waals surface area contributed by atoms with E-state index in [-0.39, 0.29) is 23.0 Å². The van der Waals surface area contributed by atoms with Gasteiger partial charge in [0.2, 0.25) is 0 Å². The molecule has 0 radical (unpaired) electrons. The predicted molar refractivity (Wildman–Crippen MR) is 111 cm³/mol. The molecule has 8 heteroatoms. The molecule has 1 saturated heterocycles. The standard InChI is InChI=1S/C22H21ClFN5O/c1-11-3-6-18-21-15(20(26-12(2)27-21)17-7-8-25-28-17)10-19(11)29(18)22(30)14-5-4-13(24)9-16(14)23/h4-5,7-9,11,18-19H,3,6,10H2,1-2H3,(H,25,28)/t11?,18-,19-/m0/s1. The van der Waals surface area contributed by atoms with Crippen LogP contribution in [0.2, 0.25) is 5.02 Å². The van der Waals surface area contributed by atoms with E-state index in [1.807, 2.05) is 17.9 Å². The highest BCUT2D eigenvalue weighted by atomic mass is 35.5. The molecule has 6 nitrogen and oxygen atoms in total. The van der Waals surface area contributed by atoms with Crippen LogP contribution >= 0.6 is 11.6 Å². The van der Waals surface area contributed by atoms with Crippen molar-refractivity contribution in [2.24, 2.45) is 5.92 Å². The molecule has 1 amide bonds. The van der Waals surface area contributed by atoms with Crippen LogP contribution in [0.5, 0.6) is 0 Å². The van der Waals surface area contributed by atoms with Gasteiger partial charge in [0.1, 0.15) is 11.6 Å². The van der Waals surface area contributed by atoms with Crippen molar-refractivity contribution in [3.05, 3.63) is 63.9 Å². The summed E-state index contributed by atoms with van der Waals surface area (Å²) in [5.41, 5.74) is 3.99. The summed E-state index contributed by atoms with van der Waals surface area (Å²) in [7, 11) is 0. The number of fused-ring (bicyclic) bond motifs is 4. The van der Waals surface area contributed by atoms with Crippen LogP contribution < -0.4 is 0 Å². The number of amides is 1. The van der Waals surface area contributed by atoms with E-state index in [1.54, 1.807) is 6.20 Å². The fourth-order valence-electron chi connectivity index (χ4n) is 4.83. The maximum absolute atomic E-state index is 13.6. The fraction of sp³-hybridized carbons (Fsp3) is 0.364. The molecule has 154 valence electrons. The maximum atomic E-state index is 13.6. The van der Waals surface area contributed by atoms with Crippen LogP contribution in [0.1, 0.15) is 53.2 Å². The van der Waals surface area contributed by atoms with E-state index in [0.29, 0.717) is 23.7 Å². The lowest BCUT2D eigenvalue weighted by atomic mass is 9.76. The van der Waals surface area contributed by atoms with Gasteiger partial charge < -0.3 is 4.90 Å². The van der Waals surface area contributed by atoms with Crippen molar-refractivity contribution >= 4 is 17.5 Å². The van der Waals surface area contributed by atoms with Crippen molar-refractivity contribution in [1.29, 1.82) is 0 Å². The summed E-state index contributed by atoms with van der Waals surface area (Å²) < 4.78 is 13.5. The molecule has 1 fully saturated rings. The second-order valence-corrected chi connectivity index (χ2v) is 8.54. The normalized spacial score (nSPS) is 22.7. The van der Waals surface area contributed by atoms with Crippen LogP contribution in [-0.4, -0.2) is 37.0 Å². The summed E-state index contributed by atoms with van der Waals surface area (Å²) in [5.74, 6) is 0.337. The number of carbonyl (C=O) groups is 1. The molecule has 3 aromatic rings. The third-order valence-electron chi connectivity index (χ3n) is 6.28. The average molecular weight is 426 g/mol. The molecular weight excluding hydrogens is 405 g/mol. The highest BCUT2D eigenvalue weighted by molar-refractivity contribution is 6.33. The van der Waals surface area contributed by atoms with Crippen molar-refractivity contribution in [3.8, 4) is 11.4 Å². The average Bonchev–Trinajstić information content (AvgIpc) is 3.24. The number of hydrogen-bond acceptors (Lipinski definition) is 4. The Morgan fingerprint density at radius 3 is 2.83 bits per heavy atom. The van der Waals surface area contributed by atoms with Gasteiger partial charge in [0.25, 0.3) is 5.91 Å². The minimum absolute atomic E-state index is 0.00199. The topological polar surface area (TPSA) is 74.8 Å². The Labute approximate surface area is 178 Å². The van der Waals surface area contributed by atoms with Gasteiger partial charge in [-0.25, -0.2) is 14.4 Å². The molecule has 2 aromatic heterocycles. The number of rotatable bonds is 2. The molecule has 0 spiro atoms. The third kappa shape index (κ3) is 2.99. The maximum Gasteiger partial charge on any atom is 0.256 e. The number of halogens is 2. The zero-order chi connectivity index (χ0) is 21.0. The van der Waals surface area contributed by atoms with Gasteiger partial charge in [0.15, 0.2) is 0 Å². The van der Waals surface area contributed by atoms with E-state index in [4.69, 9.17) is 16.6 Å².